The Morgan fingerprint density at radius 2 is 1.72 bits per heavy atom. The second kappa shape index (κ2) is 9.59. The van der Waals surface area contributed by atoms with Crippen molar-refractivity contribution in [3.05, 3.63) is 83.2 Å². The summed E-state index contributed by atoms with van der Waals surface area (Å²) >= 11 is 0. The van der Waals surface area contributed by atoms with Gasteiger partial charge in [0.15, 0.2) is 11.5 Å². The van der Waals surface area contributed by atoms with Crippen molar-refractivity contribution in [2.45, 2.75) is 20.0 Å². The van der Waals surface area contributed by atoms with E-state index in [2.05, 4.69) is 21.7 Å². The van der Waals surface area contributed by atoms with Crippen LogP contribution in [0, 0.1) is 6.92 Å². The highest BCUT2D eigenvalue weighted by Crippen LogP contribution is 2.27. The average molecular weight is 391 g/mol. The van der Waals surface area contributed by atoms with Crippen LogP contribution in [-0.4, -0.2) is 25.1 Å². The smallest absolute Gasteiger partial charge is 0.270 e. The van der Waals surface area contributed by atoms with E-state index in [1.165, 1.54) is 0 Å². The summed E-state index contributed by atoms with van der Waals surface area (Å²) < 4.78 is 10.6. The Hall–Kier alpha value is -3.54. The molecule has 0 aliphatic rings. The lowest BCUT2D eigenvalue weighted by Crippen LogP contribution is -2.23. The Labute approximate surface area is 170 Å². The van der Waals surface area contributed by atoms with Crippen molar-refractivity contribution >= 4 is 11.6 Å². The van der Waals surface area contributed by atoms with Crippen LogP contribution in [0.3, 0.4) is 0 Å². The maximum Gasteiger partial charge on any atom is 0.270 e. The van der Waals surface area contributed by atoms with Crippen molar-refractivity contribution in [3.8, 4) is 11.5 Å². The molecule has 1 amide bonds. The highest BCUT2D eigenvalue weighted by molar-refractivity contribution is 5.93. The Kier molecular flexibility index (Phi) is 6.68. The second-order valence-electron chi connectivity index (χ2n) is 6.64. The maximum absolute atomic E-state index is 12.5. The van der Waals surface area contributed by atoms with E-state index >= 15 is 0 Å². The first kappa shape index (κ1) is 20.2. The van der Waals surface area contributed by atoms with Gasteiger partial charge in [0.1, 0.15) is 5.69 Å². The minimum Gasteiger partial charge on any atom is -0.493 e. The Morgan fingerprint density at radius 3 is 2.48 bits per heavy atom. The molecule has 0 fully saturated rings. The van der Waals surface area contributed by atoms with Gasteiger partial charge in [-0.2, -0.15) is 0 Å². The highest BCUT2D eigenvalue weighted by Gasteiger charge is 2.09. The van der Waals surface area contributed by atoms with E-state index in [9.17, 15) is 4.79 Å². The third-order valence-electron chi connectivity index (χ3n) is 4.47. The van der Waals surface area contributed by atoms with Crippen molar-refractivity contribution in [1.82, 2.24) is 10.3 Å². The van der Waals surface area contributed by atoms with Crippen LogP contribution >= 0.6 is 0 Å². The van der Waals surface area contributed by atoms with E-state index in [1.807, 2.05) is 49.4 Å². The van der Waals surface area contributed by atoms with E-state index in [0.29, 0.717) is 30.3 Å². The number of benzene rings is 2. The molecule has 0 unspecified atom stereocenters. The molecule has 0 radical (unpaired) electrons. The monoisotopic (exact) mass is 391 g/mol. The van der Waals surface area contributed by atoms with Gasteiger partial charge >= 0.3 is 0 Å². The van der Waals surface area contributed by atoms with Crippen LogP contribution in [0.4, 0.5) is 5.69 Å². The van der Waals surface area contributed by atoms with Crippen LogP contribution in [0.15, 0.2) is 60.8 Å². The zero-order valence-electron chi connectivity index (χ0n) is 16.9. The summed E-state index contributed by atoms with van der Waals surface area (Å²) in [5, 5.41) is 6.22. The van der Waals surface area contributed by atoms with Gasteiger partial charge in [0.05, 0.1) is 14.2 Å². The highest BCUT2D eigenvalue weighted by atomic mass is 16.5. The minimum atomic E-state index is -0.207. The molecule has 1 aromatic heterocycles. The molecule has 0 aliphatic heterocycles. The summed E-state index contributed by atoms with van der Waals surface area (Å²) in [6, 6.07) is 17.4. The fraction of sp³-hybridized carbons (Fsp3) is 0.217. The molecule has 0 atom stereocenters. The fourth-order valence-corrected chi connectivity index (χ4v) is 2.95. The number of aryl methyl sites for hydroxylation is 1. The van der Waals surface area contributed by atoms with Gasteiger partial charge in [0.2, 0.25) is 0 Å². The summed E-state index contributed by atoms with van der Waals surface area (Å²) in [6.45, 7) is 3.07. The SMILES string of the molecule is COc1ccc(CNc2ccnc(C(=O)NCc3cccc(C)c3)c2)cc1OC. The van der Waals surface area contributed by atoms with Crippen LogP contribution in [0.2, 0.25) is 0 Å². The standard InChI is InChI=1S/C23H25N3O3/c1-16-5-4-6-17(11-16)15-26-23(27)20-13-19(9-10-24-20)25-14-18-7-8-21(28-2)22(12-18)29-3/h4-13H,14-15H2,1-3H3,(H,24,25)(H,26,27). The molecule has 150 valence electrons. The number of carbonyl (C=O) groups is 1. The number of hydrogen-bond donors (Lipinski definition) is 2. The van der Waals surface area contributed by atoms with Crippen LogP contribution in [0.1, 0.15) is 27.2 Å². The molecule has 0 bridgehead atoms. The van der Waals surface area contributed by atoms with Crippen molar-refractivity contribution in [2.75, 3.05) is 19.5 Å². The number of methoxy groups -OCH3 is 2. The first-order valence-electron chi connectivity index (χ1n) is 9.33. The molecule has 1 heterocycles. The number of nitrogens with zero attached hydrogens (tertiary/aromatic N) is 1. The van der Waals surface area contributed by atoms with E-state index in [0.717, 1.165) is 22.4 Å². The molecule has 3 aromatic rings. The van der Waals surface area contributed by atoms with Crippen molar-refractivity contribution in [1.29, 1.82) is 0 Å². The third-order valence-corrected chi connectivity index (χ3v) is 4.47. The Morgan fingerprint density at radius 1 is 0.931 bits per heavy atom. The lowest BCUT2D eigenvalue weighted by atomic mass is 10.1. The molecule has 2 aromatic carbocycles. The fourth-order valence-electron chi connectivity index (χ4n) is 2.95. The van der Waals surface area contributed by atoms with Gasteiger partial charge in [-0.15, -0.1) is 0 Å². The second-order valence-corrected chi connectivity index (χ2v) is 6.64. The summed E-state index contributed by atoms with van der Waals surface area (Å²) in [4.78, 5) is 16.6. The Balaban J connectivity index is 1.61. The summed E-state index contributed by atoms with van der Waals surface area (Å²) in [5.74, 6) is 1.16. The molecule has 0 saturated carbocycles. The zero-order valence-corrected chi connectivity index (χ0v) is 16.9. The lowest BCUT2D eigenvalue weighted by molar-refractivity contribution is 0.0946. The lowest BCUT2D eigenvalue weighted by Gasteiger charge is -2.11. The molecule has 6 nitrogen and oxygen atoms in total. The largest absolute Gasteiger partial charge is 0.493 e. The van der Waals surface area contributed by atoms with Crippen molar-refractivity contribution in [3.63, 3.8) is 0 Å². The predicted molar refractivity (Wildman–Crippen MR) is 113 cm³/mol. The third kappa shape index (κ3) is 5.48. The van der Waals surface area contributed by atoms with Gasteiger partial charge in [-0.25, -0.2) is 0 Å². The van der Waals surface area contributed by atoms with Gasteiger partial charge in [0.25, 0.3) is 5.91 Å². The van der Waals surface area contributed by atoms with Crippen LogP contribution < -0.4 is 20.1 Å². The number of carbonyl (C=O) groups excluding carboxylic acids is 1. The Bertz CT molecular complexity index is 989. The van der Waals surface area contributed by atoms with Gasteiger partial charge in [-0.3, -0.25) is 9.78 Å². The van der Waals surface area contributed by atoms with E-state index in [4.69, 9.17) is 9.47 Å². The average Bonchev–Trinajstić information content (AvgIpc) is 2.76. The van der Waals surface area contributed by atoms with Gasteiger partial charge in [-0.05, 0) is 42.3 Å². The number of anilines is 1. The molecule has 0 aliphatic carbocycles. The van der Waals surface area contributed by atoms with E-state index < -0.39 is 0 Å². The molecule has 0 spiro atoms. The molecular weight excluding hydrogens is 366 g/mol. The topological polar surface area (TPSA) is 72.5 Å². The first-order valence-corrected chi connectivity index (χ1v) is 9.33. The van der Waals surface area contributed by atoms with Crippen LogP contribution in [0.5, 0.6) is 11.5 Å². The van der Waals surface area contributed by atoms with Crippen LogP contribution in [-0.2, 0) is 13.1 Å². The van der Waals surface area contributed by atoms with Gasteiger partial charge < -0.3 is 20.1 Å². The van der Waals surface area contributed by atoms with Crippen molar-refractivity contribution < 1.29 is 14.3 Å². The number of aromatic nitrogens is 1. The molecule has 3 rings (SSSR count). The molecule has 2 N–H and O–H groups in total. The van der Waals surface area contributed by atoms with E-state index in [1.54, 1.807) is 26.5 Å². The summed E-state index contributed by atoms with van der Waals surface area (Å²) in [6.07, 6.45) is 1.62. The summed E-state index contributed by atoms with van der Waals surface area (Å²) in [5.41, 5.74) is 4.44. The maximum atomic E-state index is 12.5. The van der Waals surface area contributed by atoms with Crippen molar-refractivity contribution in [2.24, 2.45) is 0 Å². The normalized spacial score (nSPS) is 10.3. The number of nitrogens with one attached hydrogen (secondary N) is 2. The number of hydrogen-bond acceptors (Lipinski definition) is 5. The van der Waals surface area contributed by atoms with E-state index in [-0.39, 0.29) is 5.91 Å². The minimum absolute atomic E-state index is 0.207. The molecule has 0 saturated heterocycles. The van der Waals surface area contributed by atoms with Crippen LogP contribution in [0.25, 0.3) is 0 Å². The molecule has 6 heteroatoms. The number of pyridine rings is 1. The number of ether oxygens (including phenoxy) is 2. The quantitative estimate of drug-likeness (QED) is 0.608. The predicted octanol–water partition coefficient (Wildman–Crippen LogP) is 3.95. The van der Waals surface area contributed by atoms with Gasteiger partial charge in [0, 0.05) is 25.0 Å². The van der Waals surface area contributed by atoms with Gasteiger partial charge in [-0.1, -0.05) is 35.9 Å². The summed E-state index contributed by atoms with van der Waals surface area (Å²) in [7, 11) is 3.22. The number of amides is 1. The first-order chi connectivity index (χ1) is 14.1. The molecule has 29 heavy (non-hydrogen) atoms. The zero-order chi connectivity index (χ0) is 20.6. The number of rotatable bonds is 8. The molecular formula is C23H25N3O3.